The summed E-state index contributed by atoms with van der Waals surface area (Å²) in [5, 5.41) is 5.90. The van der Waals surface area contributed by atoms with Gasteiger partial charge in [0.05, 0.1) is 0 Å². The van der Waals surface area contributed by atoms with Crippen LogP contribution in [0, 0.1) is 0 Å². The second-order valence-corrected chi connectivity index (χ2v) is 5.35. The molecule has 0 radical (unpaired) electrons. The van der Waals surface area contributed by atoms with Crippen molar-refractivity contribution in [2.45, 2.75) is 44.6 Å². The van der Waals surface area contributed by atoms with Gasteiger partial charge in [-0.15, -0.1) is 11.3 Å². The molecule has 78 valence electrons. The molecule has 0 aliphatic carbocycles. The highest BCUT2D eigenvalue weighted by molar-refractivity contribution is 7.09. The lowest BCUT2D eigenvalue weighted by atomic mass is 9.88. The summed E-state index contributed by atoms with van der Waals surface area (Å²) in [7, 11) is 0. The molecular weight excluding hydrogens is 190 g/mol. The normalized spacial score (nSPS) is 26.9. The monoisotopic (exact) mass is 209 g/mol. The zero-order valence-corrected chi connectivity index (χ0v) is 9.70. The third-order valence-corrected chi connectivity index (χ3v) is 4.03. The molecule has 1 aliphatic heterocycles. The topological polar surface area (TPSA) is 12.0 Å². The third kappa shape index (κ3) is 2.18. The van der Waals surface area contributed by atoms with Crippen LogP contribution in [0.1, 0.15) is 37.5 Å². The van der Waals surface area contributed by atoms with E-state index < -0.39 is 0 Å². The van der Waals surface area contributed by atoms with Gasteiger partial charge in [-0.3, -0.25) is 0 Å². The van der Waals surface area contributed by atoms with Crippen molar-refractivity contribution in [3.05, 3.63) is 22.4 Å². The van der Waals surface area contributed by atoms with Crippen molar-refractivity contribution < 1.29 is 0 Å². The number of hydrogen-bond acceptors (Lipinski definition) is 2. The van der Waals surface area contributed by atoms with Crippen molar-refractivity contribution in [2.24, 2.45) is 0 Å². The molecular formula is C12H19NS. The highest BCUT2D eigenvalue weighted by atomic mass is 32.1. The lowest BCUT2D eigenvalue weighted by Gasteiger charge is -2.28. The van der Waals surface area contributed by atoms with E-state index in [1.165, 1.54) is 43.5 Å². The quantitative estimate of drug-likeness (QED) is 0.803. The summed E-state index contributed by atoms with van der Waals surface area (Å²) in [6, 6.07) is 4.43. The maximum atomic E-state index is 3.72. The highest BCUT2D eigenvalue weighted by Gasteiger charge is 2.32. The van der Waals surface area contributed by atoms with Gasteiger partial charge in [0.2, 0.25) is 0 Å². The SMILES string of the molecule is CCCC1(Cc2cccs2)CCCN1. The minimum absolute atomic E-state index is 0.430. The molecule has 0 amide bonds. The molecule has 0 aromatic carbocycles. The van der Waals surface area contributed by atoms with E-state index in [4.69, 9.17) is 0 Å². The first kappa shape index (κ1) is 10.2. The van der Waals surface area contributed by atoms with Crippen LogP contribution in [0.3, 0.4) is 0 Å². The first-order chi connectivity index (χ1) is 6.85. The van der Waals surface area contributed by atoms with Crippen LogP contribution >= 0.6 is 11.3 Å². The van der Waals surface area contributed by atoms with Crippen molar-refractivity contribution in [3.8, 4) is 0 Å². The molecule has 1 saturated heterocycles. The van der Waals surface area contributed by atoms with Gasteiger partial charge >= 0.3 is 0 Å². The van der Waals surface area contributed by atoms with Crippen LogP contribution in [0.5, 0.6) is 0 Å². The van der Waals surface area contributed by atoms with Crippen LogP contribution in [0.4, 0.5) is 0 Å². The van der Waals surface area contributed by atoms with E-state index in [0.29, 0.717) is 5.54 Å². The van der Waals surface area contributed by atoms with Gasteiger partial charge in [0, 0.05) is 10.4 Å². The standard InChI is InChI=1S/C12H19NS/c1-2-6-12(7-4-8-13-12)10-11-5-3-9-14-11/h3,5,9,13H,2,4,6-8,10H2,1H3. The third-order valence-electron chi connectivity index (χ3n) is 3.15. The molecule has 1 aromatic heterocycles. The molecule has 1 atom stereocenters. The summed E-state index contributed by atoms with van der Waals surface area (Å²) in [4.78, 5) is 1.54. The Morgan fingerprint density at radius 1 is 1.57 bits per heavy atom. The Morgan fingerprint density at radius 2 is 2.50 bits per heavy atom. The van der Waals surface area contributed by atoms with Gasteiger partial charge in [-0.05, 0) is 43.7 Å². The molecule has 14 heavy (non-hydrogen) atoms. The van der Waals surface area contributed by atoms with Gasteiger partial charge in [0.15, 0.2) is 0 Å². The van der Waals surface area contributed by atoms with Gasteiger partial charge in [-0.25, -0.2) is 0 Å². The summed E-state index contributed by atoms with van der Waals surface area (Å²) < 4.78 is 0. The first-order valence-electron chi connectivity index (χ1n) is 5.62. The molecule has 1 unspecified atom stereocenters. The summed E-state index contributed by atoms with van der Waals surface area (Å²) in [5.74, 6) is 0. The van der Waals surface area contributed by atoms with Crippen LogP contribution in [0.2, 0.25) is 0 Å². The van der Waals surface area contributed by atoms with Crippen LogP contribution in [-0.2, 0) is 6.42 Å². The van der Waals surface area contributed by atoms with Gasteiger partial charge in [0.25, 0.3) is 0 Å². The van der Waals surface area contributed by atoms with Crippen molar-refractivity contribution in [2.75, 3.05) is 6.54 Å². The van der Waals surface area contributed by atoms with Crippen molar-refractivity contribution >= 4 is 11.3 Å². The molecule has 0 bridgehead atoms. The van der Waals surface area contributed by atoms with Crippen LogP contribution in [0.25, 0.3) is 0 Å². The second-order valence-electron chi connectivity index (χ2n) is 4.32. The van der Waals surface area contributed by atoms with E-state index >= 15 is 0 Å². The number of rotatable bonds is 4. The van der Waals surface area contributed by atoms with Gasteiger partial charge < -0.3 is 5.32 Å². The molecule has 2 rings (SSSR count). The molecule has 1 N–H and O–H groups in total. The van der Waals surface area contributed by atoms with E-state index in [1.807, 2.05) is 11.3 Å². The maximum Gasteiger partial charge on any atom is 0.0230 e. The van der Waals surface area contributed by atoms with Crippen LogP contribution in [0.15, 0.2) is 17.5 Å². The van der Waals surface area contributed by atoms with Crippen LogP contribution in [-0.4, -0.2) is 12.1 Å². The zero-order valence-electron chi connectivity index (χ0n) is 8.88. The molecule has 1 aromatic rings. The van der Waals surface area contributed by atoms with Crippen molar-refractivity contribution in [3.63, 3.8) is 0 Å². The second kappa shape index (κ2) is 4.45. The van der Waals surface area contributed by atoms with E-state index in [-0.39, 0.29) is 0 Å². The lowest BCUT2D eigenvalue weighted by molar-refractivity contribution is 0.344. The first-order valence-corrected chi connectivity index (χ1v) is 6.50. The van der Waals surface area contributed by atoms with E-state index in [2.05, 4.69) is 29.8 Å². The summed E-state index contributed by atoms with van der Waals surface area (Å²) in [5.41, 5.74) is 0.430. The minimum Gasteiger partial charge on any atom is -0.311 e. The molecule has 1 nitrogen and oxygen atoms in total. The number of nitrogens with one attached hydrogen (secondary N) is 1. The fourth-order valence-corrected chi connectivity index (χ4v) is 3.40. The van der Waals surface area contributed by atoms with E-state index in [1.54, 1.807) is 0 Å². The van der Waals surface area contributed by atoms with E-state index in [0.717, 1.165) is 0 Å². The van der Waals surface area contributed by atoms with Gasteiger partial charge in [-0.2, -0.15) is 0 Å². The fraction of sp³-hybridized carbons (Fsp3) is 0.667. The minimum atomic E-state index is 0.430. The summed E-state index contributed by atoms with van der Waals surface area (Å²) >= 11 is 1.89. The lowest BCUT2D eigenvalue weighted by Crippen LogP contribution is -2.41. The van der Waals surface area contributed by atoms with E-state index in [9.17, 15) is 0 Å². The Labute approximate surface area is 90.5 Å². The fourth-order valence-electron chi connectivity index (χ4n) is 2.55. The summed E-state index contributed by atoms with van der Waals surface area (Å²) in [6.45, 7) is 3.50. The largest absolute Gasteiger partial charge is 0.311 e. The summed E-state index contributed by atoms with van der Waals surface area (Å²) in [6.07, 6.45) is 6.56. The molecule has 2 heteroatoms. The molecule has 1 aliphatic rings. The van der Waals surface area contributed by atoms with Gasteiger partial charge in [0.1, 0.15) is 0 Å². The Balaban J connectivity index is 2.04. The Kier molecular flexibility index (Phi) is 3.24. The Hall–Kier alpha value is -0.340. The average Bonchev–Trinajstić information content (AvgIpc) is 2.78. The van der Waals surface area contributed by atoms with Crippen molar-refractivity contribution in [1.82, 2.24) is 5.32 Å². The zero-order chi connectivity index (χ0) is 9.86. The Bertz CT molecular complexity index is 260. The van der Waals surface area contributed by atoms with Crippen LogP contribution < -0.4 is 5.32 Å². The predicted molar refractivity (Wildman–Crippen MR) is 62.9 cm³/mol. The maximum absolute atomic E-state index is 3.72. The molecule has 2 heterocycles. The molecule has 1 fully saturated rings. The van der Waals surface area contributed by atoms with Crippen molar-refractivity contribution in [1.29, 1.82) is 0 Å². The predicted octanol–water partition coefficient (Wildman–Crippen LogP) is 3.21. The highest BCUT2D eigenvalue weighted by Crippen LogP contribution is 2.30. The average molecular weight is 209 g/mol. The smallest absolute Gasteiger partial charge is 0.0230 e. The number of hydrogen-bond donors (Lipinski definition) is 1. The molecule has 0 spiro atoms. The number of thiophene rings is 1. The van der Waals surface area contributed by atoms with Gasteiger partial charge in [-0.1, -0.05) is 19.4 Å². The molecule has 0 saturated carbocycles. The Morgan fingerprint density at radius 3 is 3.07 bits per heavy atom.